The normalized spacial score (nSPS) is 19.5. The van der Waals surface area contributed by atoms with Crippen LogP contribution >= 0.6 is 0 Å². The molecule has 3 rings (SSSR count). The van der Waals surface area contributed by atoms with Crippen LogP contribution in [0.1, 0.15) is 65.2 Å². The number of piperidine rings is 1. The molecule has 1 aromatic rings. The van der Waals surface area contributed by atoms with Crippen molar-refractivity contribution in [2.75, 3.05) is 18.4 Å². The van der Waals surface area contributed by atoms with E-state index in [1.807, 2.05) is 13.8 Å². The number of anilines is 1. The SMILES string of the molecule is CC(C)Oc1ccc(S(=O)(=O)N2CCCCC2)cc1NC(=O)C1CCCCC1. The zero-order valence-electron chi connectivity index (χ0n) is 16.9. The number of carbonyl (C=O) groups excluding carboxylic acids is 1. The zero-order valence-corrected chi connectivity index (χ0v) is 17.8. The first kappa shape index (κ1) is 21.1. The Labute approximate surface area is 168 Å². The van der Waals surface area contributed by atoms with Gasteiger partial charge in [0.25, 0.3) is 0 Å². The maximum atomic E-state index is 13.0. The molecular formula is C21H32N2O4S. The molecule has 1 aliphatic carbocycles. The summed E-state index contributed by atoms with van der Waals surface area (Å²) in [6.07, 6.45) is 7.85. The molecule has 1 amide bonds. The average Bonchev–Trinajstić information content (AvgIpc) is 2.70. The van der Waals surface area contributed by atoms with E-state index in [9.17, 15) is 13.2 Å². The van der Waals surface area contributed by atoms with Crippen LogP contribution in [-0.4, -0.2) is 37.8 Å². The highest BCUT2D eigenvalue weighted by Crippen LogP contribution is 2.32. The van der Waals surface area contributed by atoms with Gasteiger partial charge < -0.3 is 10.1 Å². The van der Waals surface area contributed by atoms with Gasteiger partial charge in [0.1, 0.15) is 5.75 Å². The lowest BCUT2D eigenvalue weighted by Gasteiger charge is -2.26. The predicted molar refractivity (Wildman–Crippen MR) is 110 cm³/mol. The molecule has 28 heavy (non-hydrogen) atoms. The van der Waals surface area contributed by atoms with Crippen molar-refractivity contribution in [2.24, 2.45) is 5.92 Å². The molecule has 1 aromatic carbocycles. The quantitative estimate of drug-likeness (QED) is 0.767. The number of ether oxygens (including phenoxy) is 1. The fraction of sp³-hybridized carbons (Fsp3) is 0.667. The van der Waals surface area contributed by atoms with Crippen LogP contribution in [0.15, 0.2) is 23.1 Å². The minimum atomic E-state index is -3.56. The first-order chi connectivity index (χ1) is 13.4. The van der Waals surface area contributed by atoms with Gasteiger partial charge in [-0.1, -0.05) is 25.7 Å². The van der Waals surface area contributed by atoms with E-state index >= 15 is 0 Å². The summed E-state index contributed by atoms with van der Waals surface area (Å²) >= 11 is 0. The molecule has 0 aromatic heterocycles. The highest BCUT2D eigenvalue weighted by atomic mass is 32.2. The molecule has 1 saturated heterocycles. The topological polar surface area (TPSA) is 75.7 Å². The third kappa shape index (κ3) is 5.06. The fourth-order valence-electron chi connectivity index (χ4n) is 3.98. The van der Waals surface area contributed by atoms with Gasteiger partial charge in [-0.05, 0) is 57.7 Å². The van der Waals surface area contributed by atoms with Crippen LogP contribution in [-0.2, 0) is 14.8 Å². The Kier molecular flexibility index (Phi) is 6.99. The Morgan fingerprint density at radius 1 is 1.07 bits per heavy atom. The second-order valence-electron chi connectivity index (χ2n) is 8.11. The Morgan fingerprint density at radius 2 is 1.71 bits per heavy atom. The summed E-state index contributed by atoms with van der Waals surface area (Å²) in [6.45, 7) is 4.92. The third-order valence-electron chi connectivity index (χ3n) is 5.50. The van der Waals surface area contributed by atoms with Crippen molar-refractivity contribution >= 4 is 21.6 Å². The van der Waals surface area contributed by atoms with Gasteiger partial charge in [-0.25, -0.2) is 8.42 Å². The van der Waals surface area contributed by atoms with E-state index in [4.69, 9.17) is 4.74 Å². The van der Waals surface area contributed by atoms with Gasteiger partial charge in [-0.2, -0.15) is 4.31 Å². The summed E-state index contributed by atoms with van der Waals surface area (Å²) in [5.41, 5.74) is 0.447. The highest BCUT2D eigenvalue weighted by molar-refractivity contribution is 7.89. The Balaban J connectivity index is 1.86. The van der Waals surface area contributed by atoms with Crippen LogP contribution in [0, 0.1) is 5.92 Å². The minimum absolute atomic E-state index is 0.0111. The monoisotopic (exact) mass is 408 g/mol. The van der Waals surface area contributed by atoms with E-state index in [-0.39, 0.29) is 22.8 Å². The number of hydrogen-bond donors (Lipinski definition) is 1. The van der Waals surface area contributed by atoms with E-state index in [2.05, 4.69) is 5.32 Å². The molecule has 2 fully saturated rings. The molecule has 1 heterocycles. The number of nitrogens with one attached hydrogen (secondary N) is 1. The molecule has 0 radical (unpaired) electrons. The van der Waals surface area contributed by atoms with E-state index in [1.165, 1.54) is 6.42 Å². The first-order valence-corrected chi connectivity index (χ1v) is 11.9. The number of hydrogen-bond acceptors (Lipinski definition) is 4. The number of amides is 1. The molecule has 0 unspecified atom stereocenters. The van der Waals surface area contributed by atoms with Crippen LogP contribution < -0.4 is 10.1 Å². The number of carbonyl (C=O) groups is 1. The summed E-state index contributed by atoms with van der Waals surface area (Å²) in [7, 11) is -3.56. The van der Waals surface area contributed by atoms with Gasteiger partial charge in [-0.15, -0.1) is 0 Å². The third-order valence-corrected chi connectivity index (χ3v) is 7.39. The number of rotatable bonds is 6. The summed E-state index contributed by atoms with van der Waals surface area (Å²) < 4.78 is 33.4. The van der Waals surface area contributed by atoms with Crippen LogP contribution in [0.2, 0.25) is 0 Å². The highest BCUT2D eigenvalue weighted by Gasteiger charge is 2.28. The van der Waals surface area contributed by atoms with E-state index in [0.29, 0.717) is 24.5 Å². The van der Waals surface area contributed by atoms with Crippen molar-refractivity contribution in [1.29, 1.82) is 0 Å². The number of sulfonamides is 1. The van der Waals surface area contributed by atoms with Gasteiger partial charge in [-0.3, -0.25) is 4.79 Å². The molecule has 0 bridgehead atoms. The Hall–Kier alpha value is -1.60. The lowest BCUT2D eigenvalue weighted by atomic mass is 9.88. The molecule has 156 valence electrons. The number of nitrogens with zero attached hydrogens (tertiary/aromatic N) is 1. The van der Waals surface area contributed by atoms with Crippen molar-refractivity contribution in [3.63, 3.8) is 0 Å². The zero-order chi connectivity index (χ0) is 20.1. The van der Waals surface area contributed by atoms with Gasteiger partial charge in [0.15, 0.2) is 0 Å². The number of benzene rings is 1. The molecular weight excluding hydrogens is 376 g/mol. The minimum Gasteiger partial charge on any atom is -0.489 e. The van der Waals surface area contributed by atoms with Gasteiger partial charge in [0.05, 0.1) is 16.7 Å². The maximum absolute atomic E-state index is 13.0. The summed E-state index contributed by atoms with van der Waals surface area (Å²) in [5, 5.41) is 2.95. The van der Waals surface area contributed by atoms with Crippen LogP contribution in [0.3, 0.4) is 0 Å². The lowest BCUT2D eigenvalue weighted by molar-refractivity contribution is -0.120. The molecule has 7 heteroatoms. The van der Waals surface area contributed by atoms with Gasteiger partial charge in [0.2, 0.25) is 15.9 Å². The largest absolute Gasteiger partial charge is 0.489 e. The average molecular weight is 409 g/mol. The second kappa shape index (κ2) is 9.27. The van der Waals surface area contributed by atoms with E-state index in [0.717, 1.165) is 44.9 Å². The van der Waals surface area contributed by atoms with Crippen LogP contribution in [0.5, 0.6) is 5.75 Å². The van der Waals surface area contributed by atoms with Crippen molar-refractivity contribution in [3.05, 3.63) is 18.2 Å². The van der Waals surface area contributed by atoms with Crippen molar-refractivity contribution < 1.29 is 17.9 Å². The molecule has 0 atom stereocenters. The van der Waals surface area contributed by atoms with Crippen molar-refractivity contribution in [2.45, 2.75) is 76.2 Å². The van der Waals surface area contributed by atoms with Gasteiger partial charge >= 0.3 is 0 Å². The summed E-state index contributed by atoms with van der Waals surface area (Å²) in [4.78, 5) is 13.0. The fourth-order valence-corrected chi connectivity index (χ4v) is 5.52. The lowest BCUT2D eigenvalue weighted by Crippen LogP contribution is -2.35. The molecule has 1 N–H and O–H groups in total. The van der Waals surface area contributed by atoms with E-state index in [1.54, 1.807) is 22.5 Å². The summed E-state index contributed by atoms with van der Waals surface area (Å²) in [6, 6.07) is 4.80. The molecule has 1 saturated carbocycles. The predicted octanol–water partition coefficient (Wildman–Crippen LogP) is 4.17. The Bertz CT molecular complexity index is 780. The summed E-state index contributed by atoms with van der Waals surface area (Å²) in [5.74, 6) is 0.459. The van der Waals surface area contributed by atoms with Crippen LogP contribution in [0.25, 0.3) is 0 Å². The first-order valence-electron chi connectivity index (χ1n) is 10.5. The van der Waals surface area contributed by atoms with Crippen LogP contribution in [0.4, 0.5) is 5.69 Å². The van der Waals surface area contributed by atoms with Gasteiger partial charge in [0, 0.05) is 19.0 Å². The van der Waals surface area contributed by atoms with Crippen molar-refractivity contribution in [1.82, 2.24) is 4.31 Å². The van der Waals surface area contributed by atoms with Crippen molar-refractivity contribution in [3.8, 4) is 5.75 Å². The second-order valence-corrected chi connectivity index (χ2v) is 10.1. The Morgan fingerprint density at radius 3 is 2.36 bits per heavy atom. The molecule has 0 spiro atoms. The smallest absolute Gasteiger partial charge is 0.243 e. The molecule has 6 nitrogen and oxygen atoms in total. The maximum Gasteiger partial charge on any atom is 0.243 e. The molecule has 2 aliphatic rings. The van der Waals surface area contributed by atoms with E-state index < -0.39 is 10.0 Å². The molecule has 1 aliphatic heterocycles. The standard InChI is InChI=1S/C21H32N2O4S/c1-16(2)27-20-12-11-18(28(25,26)23-13-7-4-8-14-23)15-19(20)22-21(24)17-9-5-3-6-10-17/h11-12,15-17H,3-10,13-14H2,1-2H3,(H,22,24).